The minimum absolute atomic E-state index is 0.00517. The van der Waals surface area contributed by atoms with Crippen molar-refractivity contribution in [2.24, 2.45) is 0 Å². The van der Waals surface area contributed by atoms with Crippen LogP contribution in [0.1, 0.15) is 29.2 Å². The van der Waals surface area contributed by atoms with Crippen molar-refractivity contribution in [3.63, 3.8) is 0 Å². The van der Waals surface area contributed by atoms with Gasteiger partial charge in [-0.1, -0.05) is 42.5 Å². The summed E-state index contributed by atoms with van der Waals surface area (Å²) in [6, 6.07) is 21.3. The molecule has 0 aromatic heterocycles. The van der Waals surface area contributed by atoms with Gasteiger partial charge in [-0.3, -0.25) is 9.59 Å². The zero-order valence-corrected chi connectivity index (χ0v) is 20.4. The molecule has 4 rings (SSSR count). The van der Waals surface area contributed by atoms with E-state index in [2.05, 4.69) is 0 Å². The minimum Gasteiger partial charge on any atom is -0.507 e. The minimum atomic E-state index is -0.804. The van der Waals surface area contributed by atoms with Gasteiger partial charge in [-0.15, -0.1) is 0 Å². The fraction of sp³-hybridized carbons (Fsp3) is 0.241. The number of ether oxygens (including phenoxy) is 1. The smallest absolute Gasteiger partial charge is 0.295 e. The first-order valence-electron chi connectivity index (χ1n) is 11.8. The third-order valence-electron chi connectivity index (χ3n) is 6.11. The van der Waals surface area contributed by atoms with Crippen molar-refractivity contribution in [3.05, 3.63) is 107 Å². The Morgan fingerprint density at radius 3 is 2.28 bits per heavy atom. The summed E-state index contributed by atoms with van der Waals surface area (Å²) in [7, 11) is 3.86. The molecule has 36 heavy (non-hydrogen) atoms. The highest BCUT2D eigenvalue weighted by Crippen LogP contribution is 2.39. The Morgan fingerprint density at radius 2 is 1.64 bits per heavy atom. The monoisotopic (exact) mass is 488 g/mol. The molecule has 0 bridgehead atoms. The molecule has 1 N–H and O–H groups in total. The van der Waals surface area contributed by atoms with E-state index >= 15 is 0 Å². The van der Waals surface area contributed by atoms with Gasteiger partial charge in [0.15, 0.2) is 0 Å². The van der Waals surface area contributed by atoms with E-state index in [1.165, 1.54) is 17.0 Å². The van der Waals surface area contributed by atoms with Crippen molar-refractivity contribution < 1.29 is 23.8 Å². The van der Waals surface area contributed by atoms with E-state index in [1.54, 1.807) is 36.4 Å². The van der Waals surface area contributed by atoms with Crippen LogP contribution in [-0.2, 0) is 16.2 Å². The van der Waals surface area contributed by atoms with Gasteiger partial charge in [0.1, 0.15) is 23.9 Å². The molecule has 0 radical (unpaired) electrons. The van der Waals surface area contributed by atoms with Crippen LogP contribution in [0.3, 0.4) is 0 Å². The highest BCUT2D eigenvalue weighted by Gasteiger charge is 2.45. The number of rotatable bonds is 9. The molecule has 1 atom stereocenters. The lowest BCUT2D eigenvalue weighted by Crippen LogP contribution is -2.32. The summed E-state index contributed by atoms with van der Waals surface area (Å²) in [4.78, 5) is 29.5. The predicted octanol–water partition coefficient (Wildman–Crippen LogP) is 4.78. The van der Waals surface area contributed by atoms with Crippen LogP contribution in [0, 0.1) is 5.82 Å². The number of likely N-dealkylation sites (tertiary alicyclic amines) is 1. The molecule has 0 saturated carbocycles. The van der Waals surface area contributed by atoms with Crippen LogP contribution in [0.4, 0.5) is 4.39 Å². The van der Waals surface area contributed by atoms with Crippen LogP contribution in [0.25, 0.3) is 5.76 Å². The normalized spacial score (nSPS) is 17.1. The van der Waals surface area contributed by atoms with E-state index in [1.807, 2.05) is 49.3 Å². The number of hydrogen-bond donors (Lipinski definition) is 1. The van der Waals surface area contributed by atoms with Gasteiger partial charge in [0.05, 0.1) is 11.6 Å². The van der Waals surface area contributed by atoms with E-state index in [0.717, 1.165) is 12.1 Å². The van der Waals surface area contributed by atoms with Crippen LogP contribution >= 0.6 is 0 Å². The molecule has 1 amide bonds. The van der Waals surface area contributed by atoms with E-state index in [4.69, 9.17) is 4.74 Å². The average molecular weight is 489 g/mol. The zero-order chi connectivity index (χ0) is 25.7. The van der Waals surface area contributed by atoms with E-state index in [-0.39, 0.29) is 11.3 Å². The third kappa shape index (κ3) is 5.63. The fourth-order valence-electron chi connectivity index (χ4n) is 4.26. The summed E-state index contributed by atoms with van der Waals surface area (Å²) < 4.78 is 19.4. The SMILES string of the molecule is CN(C)CCCN1C(=O)C(=O)/C(=C(/O)c2ccc(OCc3ccccc3)cc2)[C@H]1c1ccc(F)cc1. The van der Waals surface area contributed by atoms with Gasteiger partial charge in [0, 0.05) is 12.1 Å². The Bertz CT molecular complexity index is 1240. The number of halogens is 1. The van der Waals surface area contributed by atoms with Crippen LogP contribution in [0.15, 0.2) is 84.4 Å². The number of aliphatic hydroxyl groups excluding tert-OH is 1. The van der Waals surface area contributed by atoms with Crippen molar-refractivity contribution in [2.75, 3.05) is 27.2 Å². The molecule has 1 saturated heterocycles. The van der Waals surface area contributed by atoms with Crippen molar-refractivity contribution in [1.82, 2.24) is 9.80 Å². The van der Waals surface area contributed by atoms with Crippen LogP contribution in [-0.4, -0.2) is 53.8 Å². The Hall–Kier alpha value is -3.97. The van der Waals surface area contributed by atoms with Gasteiger partial charge in [-0.05, 0) is 74.6 Å². The Labute approximate surface area is 210 Å². The maximum absolute atomic E-state index is 13.6. The van der Waals surface area contributed by atoms with Gasteiger partial charge in [-0.25, -0.2) is 4.39 Å². The molecule has 7 heteroatoms. The first-order chi connectivity index (χ1) is 17.3. The van der Waals surface area contributed by atoms with Crippen molar-refractivity contribution in [1.29, 1.82) is 0 Å². The molecule has 0 aliphatic carbocycles. The first-order valence-corrected chi connectivity index (χ1v) is 11.8. The lowest BCUT2D eigenvalue weighted by Gasteiger charge is -2.26. The molecular formula is C29H29FN2O4. The number of nitrogens with zero attached hydrogens (tertiary/aromatic N) is 2. The zero-order valence-electron chi connectivity index (χ0n) is 20.4. The maximum atomic E-state index is 13.6. The number of Topliss-reactive ketones (excluding diaryl/α,β-unsaturated/α-hetero) is 1. The largest absolute Gasteiger partial charge is 0.507 e. The molecule has 1 aliphatic heterocycles. The lowest BCUT2D eigenvalue weighted by molar-refractivity contribution is -0.139. The molecule has 6 nitrogen and oxygen atoms in total. The number of ketones is 1. The molecule has 1 heterocycles. The topological polar surface area (TPSA) is 70.1 Å². The maximum Gasteiger partial charge on any atom is 0.295 e. The summed E-state index contributed by atoms with van der Waals surface area (Å²) in [6.45, 7) is 1.45. The summed E-state index contributed by atoms with van der Waals surface area (Å²) in [5.74, 6) is -1.51. The molecule has 1 fully saturated rings. The number of hydrogen-bond acceptors (Lipinski definition) is 5. The molecule has 0 unspecified atom stereocenters. The van der Waals surface area contributed by atoms with Crippen LogP contribution < -0.4 is 4.74 Å². The first kappa shape index (κ1) is 25.1. The summed E-state index contributed by atoms with van der Waals surface area (Å²) in [6.07, 6.45) is 0.644. The molecule has 3 aromatic rings. The fourth-order valence-corrected chi connectivity index (χ4v) is 4.26. The van der Waals surface area contributed by atoms with Gasteiger partial charge < -0.3 is 19.6 Å². The van der Waals surface area contributed by atoms with E-state index in [0.29, 0.717) is 36.4 Å². The van der Waals surface area contributed by atoms with Gasteiger partial charge >= 0.3 is 0 Å². The van der Waals surface area contributed by atoms with Crippen molar-refractivity contribution >= 4 is 17.4 Å². The van der Waals surface area contributed by atoms with Gasteiger partial charge in [0.2, 0.25) is 0 Å². The molecular weight excluding hydrogens is 459 g/mol. The second-order valence-corrected chi connectivity index (χ2v) is 9.00. The number of aliphatic hydroxyl groups is 1. The summed E-state index contributed by atoms with van der Waals surface area (Å²) in [5, 5.41) is 11.2. The number of carbonyl (C=O) groups excluding carboxylic acids is 2. The van der Waals surface area contributed by atoms with E-state index in [9.17, 15) is 19.1 Å². The van der Waals surface area contributed by atoms with Gasteiger partial charge in [0.25, 0.3) is 11.7 Å². The quantitative estimate of drug-likeness (QED) is 0.267. The molecule has 1 aliphatic rings. The lowest BCUT2D eigenvalue weighted by atomic mass is 9.95. The molecule has 3 aromatic carbocycles. The standard InChI is InChI=1S/C29H29FN2O4/c1-31(2)17-6-18-32-26(21-9-13-23(30)14-10-21)25(28(34)29(32)35)27(33)22-11-15-24(16-12-22)36-19-20-7-4-3-5-8-20/h3-5,7-16,26,33H,6,17-19H2,1-2H3/b27-25+/t26-/m1/s1. The highest BCUT2D eigenvalue weighted by molar-refractivity contribution is 6.46. The van der Waals surface area contributed by atoms with Gasteiger partial charge in [-0.2, -0.15) is 0 Å². The highest BCUT2D eigenvalue weighted by atomic mass is 19.1. The van der Waals surface area contributed by atoms with Crippen molar-refractivity contribution in [3.8, 4) is 5.75 Å². The van der Waals surface area contributed by atoms with Crippen LogP contribution in [0.5, 0.6) is 5.75 Å². The second-order valence-electron chi connectivity index (χ2n) is 9.00. The van der Waals surface area contributed by atoms with E-state index < -0.39 is 23.5 Å². The van der Waals surface area contributed by atoms with Crippen LogP contribution in [0.2, 0.25) is 0 Å². The molecule has 0 spiro atoms. The number of benzene rings is 3. The summed E-state index contributed by atoms with van der Waals surface area (Å²) >= 11 is 0. The number of amides is 1. The number of carbonyl (C=O) groups is 2. The Kier molecular flexibility index (Phi) is 7.80. The second kappa shape index (κ2) is 11.2. The Balaban J connectivity index is 1.63. The molecule has 186 valence electrons. The Morgan fingerprint density at radius 1 is 0.972 bits per heavy atom. The third-order valence-corrected chi connectivity index (χ3v) is 6.11. The summed E-state index contributed by atoms with van der Waals surface area (Å²) in [5.41, 5.74) is 1.97. The average Bonchev–Trinajstić information content (AvgIpc) is 3.13. The predicted molar refractivity (Wildman–Crippen MR) is 136 cm³/mol. The van der Waals surface area contributed by atoms with Crippen molar-refractivity contribution in [2.45, 2.75) is 19.1 Å².